The van der Waals surface area contributed by atoms with E-state index in [1.54, 1.807) is 16.2 Å². The van der Waals surface area contributed by atoms with Crippen LogP contribution in [0.4, 0.5) is 10.5 Å². The largest absolute Gasteiger partial charge is 0.395 e. The Hall–Kier alpha value is -1.31. The van der Waals surface area contributed by atoms with Gasteiger partial charge in [0.25, 0.3) is 0 Å². The number of hydrogen-bond donors (Lipinski definition) is 2. The quantitative estimate of drug-likeness (QED) is 0.819. The van der Waals surface area contributed by atoms with Crippen molar-refractivity contribution in [2.45, 2.75) is 38.6 Å². The molecule has 0 atom stereocenters. The van der Waals surface area contributed by atoms with Crippen LogP contribution < -0.4 is 5.32 Å². The SMILES string of the molecule is CC(C)c1nc2ccc(NC(=O)N(CCO)C3CCSCC3)cc2s1. The number of nitrogens with one attached hydrogen (secondary N) is 1. The van der Waals surface area contributed by atoms with E-state index < -0.39 is 0 Å². The third-order valence-corrected chi connectivity index (χ3v) is 6.75. The van der Waals surface area contributed by atoms with Crippen LogP contribution in [0.3, 0.4) is 0 Å². The van der Waals surface area contributed by atoms with Crippen molar-refractivity contribution in [3.8, 4) is 0 Å². The predicted molar refractivity (Wildman–Crippen MR) is 107 cm³/mol. The number of amides is 2. The second-order valence-electron chi connectivity index (χ2n) is 6.58. The molecule has 1 saturated heterocycles. The van der Waals surface area contributed by atoms with E-state index in [-0.39, 0.29) is 18.7 Å². The Kier molecular flexibility index (Phi) is 6.19. The molecule has 0 spiro atoms. The molecule has 0 aliphatic carbocycles. The number of thiazole rings is 1. The molecule has 1 aromatic carbocycles. The Morgan fingerprint density at radius 3 is 2.84 bits per heavy atom. The first-order valence-electron chi connectivity index (χ1n) is 8.75. The topological polar surface area (TPSA) is 65.5 Å². The summed E-state index contributed by atoms with van der Waals surface area (Å²) < 4.78 is 1.09. The van der Waals surface area contributed by atoms with Crippen molar-refractivity contribution in [2.24, 2.45) is 0 Å². The number of carbonyl (C=O) groups excluding carboxylic acids is 1. The number of thioether (sulfide) groups is 1. The van der Waals surface area contributed by atoms with Gasteiger partial charge in [0, 0.05) is 24.2 Å². The molecule has 3 rings (SSSR count). The first-order valence-corrected chi connectivity index (χ1v) is 10.7. The summed E-state index contributed by atoms with van der Waals surface area (Å²) in [5.74, 6) is 2.55. The molecule has 2 N–H and O–H groups in total. The van der Waals surface area contributed by atoms with Gasteiger partial charge in [-0.1, -0.05) is 13.8 Å². The first kappa shape index (κ1) is 18.5. The third kappa shape index (κ3) is 4.46. The van der Waals surface area contributed by atoms with Gasteiger partial charge >= 0.3 is 6.03 Å². The highest BCUT2D eigenvalue weighted by Crippen LogP contribution is 2.29. The van der Waals surface area contributed by atoms with E-state index in [1.807, 2.05) is 30.0 Å². The normalized spacial score (nSPS) is 15.7. The molecule has 5 nitrogen and oxygen atoms in total. The van der Waals surface area contributed by atoms with E-state index in [0.717, 1.165) is 45.3 Å². The van der Waals surface area contributed by atoms with Gasteiger partial charge in [0.05, 0.1) is 21.8 Å². The van der Waals surface area contributed by atoms with Crippen LogP contribution in [0.25, 0.3) is 10.2 Å². The van der Waals surface area contributed by atoms with E-state index in [2.05, 4.69) is 24.1 Å². The molecule has 0 unspecified atom stereocenters. The standard InChI is InChI=1S/C18H25N3O2S2/c1-12(2)17-20-15-4-3-13(11-16(15)25-17)19-18(23)21(7-8-22)14-5-9-24-10-6-14/h3-4,11-12,14,22H,5-10H2,1-2H3,(H,19,23). The highest BCUT2D eigenvalue weighted by atomic mass is 32.2. The zero-order valence-corrected chi connectivity index (χ0v) is 16.3. The Bertz CT molecular complexity index is 726. The second-order valence-corrected chi connectivity index (χ2v) is 8.87. The van der Waals surface area contributed by atoms with Crippen LogP contribution in [-0.4, -0.2) is 51.7 Å². The van der Waals surface area contributed by atoms with Gasteiger partial charge in [-0.3, -0.25) is 0 Å². The average molecular weight is 380 g/mol. The summed E-state index contributed by atoms with van der Waals surface area (Å²) in [6, 6.07) is 5.94. The van der Waals surface area contributed by atoms with E-state index in [1.165, 1.54) is 0 Å². The fraction of sp³-hybridized carbons (Fsp3) is 0.556. The van der Waals surface area contributed by atoms with Crippen LogP contribution in [0.15, 0.2) is 18.2 Å². The molecule has 0 saturated carbocycles. The van der Waals surface area contributed by atoms with Gasteiger partial charge in [0.1, 0.15) is 0 Å². The molecular weight excluding hydrogens is 354 g/mol. The van der Waals surface area contributed by atoms with E-state index in [4.69, 9.17) is 0 Å². The molecule has 2 amide bonds. The maximum absolute atomic E-state index is 12.7. The summed E-state index contributed by atoms with van der Waals surface area (Å²) in [5.41, 5.74) is 1.76. The maximum atomic E-state index is 12.7. The fourth-order valence-corrected chi connectivity index (χ4v) is 5.11. The molecule has 1 aliphatic rings. The summed E-state index contributed by atoms with van der Waals surface area (Å²) in [6.45, 7) is 4.63. The van der Waals surface area contributed by atoms with Gasteiger partial charge in [-0.05, 0) is 42.5 Å². The van der Waals surface area contributed by atoms with Gasteiger partial charge in [0.2, 0.25) is 0 Å². The Morgan fingerprint density at radius 2 is 2.16 bits per heavy atom. The molecule has 1 fully saturated rings. The highest BCUT2D eigenvalue weighted by molar-refractivity contribution is 7.99. The van der Waals surface area contributed by atoms with E-state index in [9.17, 15) is 9.90 Å². The van der Waals surface area contributed by atoms with E-state index in [0.29, 0.717) is 12.5 Å². The van der Waals surface area contributed by atoms with Crippen LogP contribution >= 0.6 is 23.1 Å². The zero-order valence-electron chi connectivity index (χ0n) is 14.7. The molecule has 1 aromatic heterocycles. The summed E-state index contributed by atoms with van der Waals surface area (Å²) >= 11 is 3.60. The van der Waals surface area contributed by atoms with Crippen molar-refractivity contribution < 1.29 is 9.90 Å². The smallest absolute Gasteiger partial charge is 0.322 e. The van der Waals surface area contributed by atoms with Crippen LogP contribution in [0, 0.1) is 0 Å². The van der Waals surface area contributed by atoms with Crippen molar-refractivity contribution in [1.82, 2.24) is 9.88 Å². The molecule has 136 valence electrons. The van der Waals surface area contributed by atoms with Crippen molar-refractivity contribution >= 4 is 45.0 Å². The number of aliphatic hydroxyl groups excluding tert-OH is 1. The molecule has 2 heterocycles. The fourth-order valence-electron chi connectivity index (χ4n) is 3.02. The molecule has 2 aromatic rings. The molecule has 7 heteroatoms. The van der Waals surface area contributed by atoms with Crippen LogP contribution in [0.1, 0.15) is 37.6 Å². The summed E-state index contributed by atoms with van der Waals surface area (Å²) in [7, 11) is 0. The van der Waals surface area contributed by atoms with Crippen molar-refractivity contribution in [1.29, 1.82) is 0 Å². The lowest BCUT2D eigenvalue weighted by Crippen LogP contribution is -2.46. The zero-order chi connectivity index (χ0) is 17.8. The lowest BCUT2D eigenvalue weighted by atomic mass is 10.1. The molecule has 0 bridgehead atoms. The predicted octanol–water partition coefficient (Wildman–Crippen LogP) is 4.14. The molecule has 0 radical (unpaired) electrons. The van der Waals surface area contributed by atoms with Gasteiger partial charge in [0.15, 0.2) is 0 Å². The minimum atomic E-state index is -0.126. The Morgan fingerprint density at radius 1 is 1.40 bits per heavy atom. The summed E-state index contributed by atoms with van der Waals surface area (Å²) in [5, 5.41) is 13.5. The summed E-state index contributed by atoms with van der Waals surface area (Å²) in [6.07, 6.45) is 1.98. The van der Waals surface area contributed by atoms with Gasteiger partial charge in [-0.2, -0.15) is 11.8 Å². The number of fused-ring (bicyclic) bond motifs is 1. The maximum Gasteiger partial charge on any atom is 0.322 e. The third-order valence-electron chi connectivity index (χ3n) is 4.38. The van der Waals surface area contributed by atoms with E-state index >= 15 is 0 Å². The lowest BCUT2D eigenvalue weighted by molar-refractivity contribution is 0.158. The van der Waals surface area contributed by atoms with Crippen molar-refractivity contribution in [3.05, 3.63) is 23.2 Å². The van der Waals surface area contributed by atoms with Gasteiger partial charge < -0.3 is 15.3 Å². The second kappa shape index (κ2) is 8.38. The van der Waals surface area contributed by atoms with Crippen LogP contribution in [0.5, 0.6) is 0 Å². The number of rotatable bonds is 5. The Balaban J connectivity index is 1.74. The van der Waals surface area contributed by atoms with Gasteiger partial charge in [-0.25, -0.2) is 9.78 Å². The number of aromatic nitrogens is 1. The number of nitrogens with zero attached hydrogens (tertiary/aromatic N) is 2. The van der Waals surface area contributed by atoms with Gasteiger partial charge in [-0.15, -0.1) is 11.3 Å². The highest BCUT2D eigenvalue weighted by Gasteiger charge is 2.25. The number of aliphatic hydroxyl groups is 1. The number of hydrogen-bond acceptors (Lipinski definition) is 5. The monoisotopic (exact) mass is 379 g/mol. The summed E-state index contributed by atoms with van der Waals surface area (Å²) in [4.78, 5) is 19.2. The van der Waals surface area contributed by atoms with Crippen LogP contribution in [-0.2, 0) is 0 Å². The number of carbonyl (C=O) groups is 1. The molecule has 1 aliphatic heterocycles. The number of urea groups is 1. The van der Waals surface area contributed by atoms with Crippen molar-refractivity contribution in [2.75, 3.05) is 30.0 Å². The minimum Gasteiger partial charge on any atom is -0.395 e. The molecule has 25 heavy (non-hydrogen) atoms. The number of anilines is 1. The number of benzene rings is 1. The van der Waals surface area contributed by atoms with Crippen molar-refractivity contribution in [3.63, 3.8) is 0 Å². The van der Waals surface area contributed by atoms with Crippen LogP contribution in [0.2, 0.25) is 0 Å². The minimum absolute atomic E-state index is 0.0112. The Labute approximate surface area is 156 Å². The first-order chi connectivity index (χ1) is 12.1. The molecular formula is C18H25N3O2S2. The lowest BCUT2D eigenvalue weighted by Gasteiger charge is -2.33. The average Bonchev–Trinajstić information content (AvgIpc) is 3.04.